The maximum absolute atomic E-state index is 15.3. The molecule has 0 saturated heterocycles. The zero-order chi connectivity index (χ0) is 59.3. The van der Waals surface area contributed by atoms with Crippen LogP contribution in [0.25, 0.3) is 11.1 Å². The number of methoxy groups -OCH3 is 4. The van der Waals surface area contributed by atoms with Crippen LogP contribution in [-0.2, 0) is 35.2 Å². The third-order valence-corrected chi connectivity index (χ3v) is 14.8. The summed E-state index contributed by atoms with van der Waals surface area (Å²) in [5.41, 5.74) is 7.31. The maximum Gasteiger partial charge on any atom is 0.480 e. The summed E-state index contributed by atoms with van der Waals surface area (Å²) in [6, 6.07) is 11.1. The summed E-state index contributed by atoms with van der Waals surface area (Å²) in [6.07, 6.45) is -2.46. The van der Waals surface area contributed by atoms with Crippen molar-refractivity contribution < 1.29 is 72.3 Å². The molecule has 6 amide bonds. The van der Waals surface area contributed by atoms with Gasteiger partial charge in [0, 0.05) is 30.2 Å². The summed E-state index contributed by atoms with van der Waals surface area (Å²) >= 11 is 13.9. The summed E-state index contributed by atoms with van der Waals surface area (Å²) in [4.78, 5) is 86.3. The van der Waals surface area contributed by atoms with Crippen molar-refractivity contribution in [2.45, 2.75) is 81.4 Å². The highest BCUT2D eigenvalue weighted by Gasteiger charge is 2.40. The molecule has 0 aliphatic carbocycles. The summed E-state index contributed by atoms with van der Waals surface area (Å²) in [6.45, 7) is 3.41. The number of rotatable bonds is 12. The minimum Gasteiger partial charge on any atom is -0.497 e. The Labute approximate surface area is 482 Å². The van der Waals surface area contributed by atoms with E-state index in [1.165, 1.54) is 77.0 Å². The van der Waals surface area contributed by atoms with Crippen LogP contribution in [0.1, 0.15) is 78.6 Å². The van der Waals surface area contributed by atoms with Gasteiger partial charge in [0.05, 0.1) is 62.9 Å². The number of nitrogens with one attached hydrogen (secondary N) is 7. The molecule has 82 heavy (non-hydrogen) atoms. The van der Waals surface area contributed by atoms with E-state index in [-0.39, 0.29) is 108 Å². The minimum atomic E-state index is -2.23. The molecule has 0 radical (unpaired) electrons. The Morgan fingerprint density at radius 3 is 1.99 bits per heavy atom. The number of primary amides is 1. The smallest absolute Gasteiger partial charge is 0.480 e. The molecule has 434 valence electrons. The Kier molecular flexibility index (Phi) is 19.1. The first-order valence-electron chi connectivity index (χ1n) is 26.0. The number of halogens is 2. The molecule has 5 aliphatic rings. The van der Waals surface area contributed by atoms with Crippen molar-refractivity contribution in [3.05, 3.63) is 117 Å². The number of benzene rings is 5. The van der Waals surface area contributed by atoms with Crippen LogP contribution in [0.5, 0.6) is 46.0 Å². The van der Waals surface area contributed by atoms with E-state index in [2.05, 4.69) is 37.2 Å². The number of ether oxygens (including phenoxy) is 6. The average Bonchev–Trinajstić information content (AvgIpc) is 2.51. The van der Waals surface area contributed by atoms with E-state index in [0.717, 1.165) is 0 Å². The molecule has 0 spiro atoms. The van der Waals surface area contributed by atoms with E-state index in [9.17, 15) is 39.1 Å². The number of carbonyl (C=O) groups excluding carboxylic acids is 6. The summed E-state index contributed by atoms with van der Waals surface area (Å²) < 4.78 is 36.3. The van der Waals surface area contributed by atoms with Crippen LogP contribution in [-0.4, -0.2) is 124 Å². The molecule has 12 N–H and O–H groups in total. The topological polar surface area (TPSA) is 329 Å². The van der Waals surface area contributed by atoms with Crippen LogP contribution in [0.2, 0.25) is 10.0 Å². The van der Waals surface area contributed by atoms with Gasteiger partial charge in [-0.05, 0) is 102 Å². The van der Waals surface area contributed by atoms with E-state index in [0.29, 0.717) is 12.0 Å². The van der Waals surface area contributed by atoms with Gasteiger partial charge in [0.1, 0.15) is 59.0 Å². The fraction of sp³-hybridized carbons (Fsp3) is 0.357. The molecule has 5 aromatic carbocycles. The fourth-order valence-corrected chi connectivity index (χ4v) is 10.5. The average molecular weight is 1170 g/mol. The first-order valence-corrected chi connectivity index (χ1v) is 26.8. The van der Waals surface area contributed by atoms with Crippen molar-refractivity contribution in [3.8, 4) is 57.1 Å². The highest BCUT2D eigenvalue weighted by molar-refractivity contribution is 6.44. The van der Waals surface area contributed by atoms with Crippen molar-refractivity contribution in [3.63, 3.8) is 0 Å². The fourth-order valence-electron chi connectivity index (χ4n) is 10.1. The van der Waals surface area contributed by atoms with Crippen molar-refractivity contribution in [1.29, 1.82) is 0 Å². The van der Waals surface area contributed by atoms with Crippen LogP contribution in [0.4, 0.5) is 0 Å². The molecule has 5 heterocycles. The van der Waals surface area contributed by atoms with Gasteiger partial charge in [0.2, 0.25) is 41.2 Å². The van der Waals surface area contributed by atoms with Gasteiger partial charge in [0.15, 0.2) is 11.5 Å². The highest BCUT2D eigenvalue weighted by atomic mass is 35.5. The van der Waals surface area contributed by atoms with Crippen LogP contribution >= 0.6 is 23.2 Å². The molecule has 0 unspecified atom stereocenters. The third-order valence-electron chi connectivity index (χ3n) is 14.2. The number of amides is 6. The predicted molar refractivity (Wildman–Crippen MR) is 301 cm³/mol. The molecular formula is C56H63BCl2N8O15. The quantitative estimate of drug-likeness (QED) is 0.0796. The van der Waals surface area contributed by atoms with E-state index in [1.54, 1.807) is 37.4 Å². The van der Waals surface area contributed by atoms with Crippen LogP contribution in [0.3, 0.4) is 0 Å². The molecule has 0 aromatic heterocycles. The van der Waals surface area contributed by atoms with E-state index in [4.69, 9.17) is 57.4 Å². The van der Waals surface area contributed by atoms with Gasteiger partial charge in [-0.25, -0.2) is 0 Å². The van der Waals surface area contributed by atoms with Gasteiger partial charge in [-0.15, -0.1) is 0 Å². The van der Waals surface area contributed by atoms with Crippen LogP contribution in [0, 0.1) is 5.92 Å². The molecule has 0 fully saturated rings. The van der Waals surface area contributed by atoms with Crippen molar-refractivity contribution >= 4 is 65.8 Å². The van der Waals surface area contributed by atoms with Crippen molar-refractivity contribution in [2.24, 2.45) is 11.7 Å². The number of hydrogen-bond donors (Lipinski definition) is 11. The molecule has 26 heteroatoms. The molecule has 5 aliphatic heterocycles. The van der Waals surface area contributed by atoms with Crippen molar-refractivity contribution in [1.82, 2.24) is 37.2 Å². The summed E-state index contributed by atoms with van der Waals surface area (Å²) in [5.74, 6) is -6.28. The Balaban J connectivity index is 1.35. The number of fused-ring (bicyclic) bond motifs is 15. The van der Waals surface area contributed by atoms with E-state index < -0.39 is 97.3 Å². The molecule has 11 bridgehead atoms. The molecule has 8 atom stereocenters. The molecule has 10 rings (SSSR count). The van der Waals surface area contributed by atoms with Gasteiger partial charge in [-0.2, -0.15) is 0 Å². The maximum atomic E-state index is 15.3. The summed E-state index contributed by atoms with van der Waals surface area (Å²) in [5, 5.41) is 53.9. The van der Waals surface area contributed by atoms with E-state index in [1.807, 2.05) is 13.8 Å². The Morgan fingerprint density at radius 2 is 1.39 bits per heavy atom. The highest BCUT2D eigenvalue weighted by Crippen LogP contribution is 2.48. The lowest BCUT2D eigenvalue weighted by Crippen LogP contribution is -2.58. The van der Waals surface area contributed by atoms with Gasteiger partial charge in [-0.1, -0.05) is 55.2 Å². The van der Waals surface area contributed by atoms with Gasteiger partial charge < -0.3 is 81.2 Å². The van der Waals surface area contributed by atoms with E-state index >= 15 is 4.79 Å². The molecule has 0 saturated carbocycles. The third kappa shape index (κ3) is 13.2. The number of likely N-dealkylation sites (N-methyl/N-ethyl adjacent to an activating group) is 1. The van der Waals surface area contributed by atoms with Crippen LogP contribution < -0.4 is 71.4 Å². The van der Waals surface area contributed by atoms with Crippen LogP contribution in [0.15, 0.2) is 78.9 Å². The second-order valence-corrected chi connectivity index (χ2v) is 21.0. The van der Waals surface area contributed by atoms with Gasteiger partial charge in [0.25, 0.3) is 0 Å². The number of aliphatic hydroxyl groups excluding tert-OH is 1. The lowest BCUT2D eigenvalue weighted by atomic mass is 9.72. The number of aliphatic hydroxyl groups is 1. The van der Waals surface area contributed by atoms with Gasteiger partial charge >= 0.3 is 7.12 Å². The molecule has 5 aromatic rings. The monoisotopic (exact) mass is 1170 g/mol. The van der Waals surface area contributed by atoms with Gasteiger partial charge in [-0.3, -0.25) is 34.1 Å². The largest absolute Gasteiger partial charge is 0.497 e. The molecular weight excluding hydrogens is 1110 g/mol. The lowest BCUT2D eigenvalue weighted by molar-refractivity contribution is -0.136. The first-order chi connectivity index (χ1) is 39.1. The minimum absolute atomic E-state index is 0.00497. The zero-order valence-electron chi connectivity index (χ0n) is 45.7. The number of nitrogens with two attached hydrogens (primary N) is 1. The second kappa shape index (κ2) is 26.0. The second-order valence-electron chi connectivity index (χ2n) is 20.2. The number of carbonyl (C=O) groups is 6. The SMILES string of the molecule is CN[C@@H](CC(C)C)C(=O)N[C@H]1C(=O)N[C@@H](CC(N)=O)C(=O)N[C@H]2CN[C@H]3C(=O)N[C@@H](Cc4ccc(c(Cl)c4)Oc4cc2cc(c4OC)Oc2ccc(cc2Cl)[C@H]1O)C(=O)N[C@@H](B(O)O)c1cc(OC)cc(OC)c1-c1cc3ccc1OC. The normalized spacial score (nSPS) is 21.2. The Bertz CT molecular complexity index is 3280. The standard InChI is InChI=1S/C56H63BCl2N8O15/c1-25(2)14-35(61-3)52(70)66-48-49(69)28-10-13-41(34(59)18-28)82-44-20-29-19-43(50(44)80-7)81-40-11-8-26(15-33(40)58)16-36-54(72)67-51(57(75)76)32-21-30(77-4)22-42(79-6)46(32)31-17-27(9-12-39(31)78-5)47(55(73)63-36)62-24-38(29)65-53(71)37(23-45(60)68)64-56(48)74/h8-13,15,17-22,25,35-38,47-49,51,61-62,69,75-76H,14,16,23-24H2,1-7H3,(H2,60,68)(H,63,73)(H,64,74)(H,65,71)(H,66,70)(H,67,72)/t35-,36-,37-,38-,47+,48+,49+,51+/m0/s1. The Hall–Kier alpha value is -7.84. The molecule has 23 nitrogen and oxygen atoms in total. The number of hydrogen-bond acceptors (Lipinski definition) is 17. The van der Waals surface area contributed by atoms with Crippen molar-refractivity contribution in [2.75, 3.05) is 42.0 Å². The lowest BCUT2D eigenvalue weighted by Gasteiger charge is -2.31. The first kappa shape index (κ1) is 60.3. The Morgan fingerprint density at radius 1 is 0.732 bits per heavy atom. The summed E-state index contributed by atoms with van der Waals surface area (Å²) in [7, 11) is 4.88. The zero-order valence-corrected chi connectivity index (χ0v) is 47.2. The predicted octanol–water partition coefficient (Wildman–Crippen LogP) is 3.52.